The average molecular weight is 358 g/mol. The molecule has 25 heavy (non-hydrogen) atoms. The highest BCUT2D eigenvalue weighted by Crippen LogP contribution is 2.41. The highest BCUT2D eigenvalue weighted by molar-refractivity contribution is 7.08. The van der Waals surface area contributed by atoms with Gasteiger partial charge in [0.25, 0.3) is 0 Å². The molecule has 4 heterocycles. The minimum atomic E-state index is -0.113. The summed E-state index contributed by atoms with van der Waals surface area (Å²) in [5.41, 5.74) is 0.985. The molecule has 0 aromatic carbocycles. The van der Waals surface area contributed by atoms with Crippen molar-refractivity contribution in [3.8, 4) is 5.75 Å². The van der Waals surface area contributed by atoms with Gasteiger partial charge in [0, 0.05) is 25.9 Å². The van der Waals surface area contributed by atoms with Gasteiger partial charge in [0.05, 0.1) is 30.7 Å². The summed E-state index contributed by atoms with van der Waals surface area (Å²) < 4.78 is 12.0. The van der Waals surface area contributed by atoms with Crippen LogP contribution in [0.1, 0.15) is 18.4 Å². The van der Waals surface area contributed by atoms with E-state index < -0.39 is 0 Å². The van der Waals surface area contributed by atoms with Crippen molar-refractivity contribution in [2.24, 2.45) is 5.41 Å². The zero-order chi connectivity index (χ0) is 17.1. The predicted octanol–water partition coefficient (Wildman–Crippen LogP) is 2.77. The molecule has 0 radical (unpaired) electrons. The van der Waals surface area contributed by atoms with E-state index in [1.165, 1.54) is 0 Å². The maximum Gasteiger partial charge on any atom is 0.227 e. The summed E-state index contributed by atoms with van der Waals surface area (Å²) in [6, 6.07) is 5.80. The average Bonchev–Trinajstić information content (AvgIpc) is 3.30. The molecule has 2 aromatic rings. The van der Waals surface area contributed by atoms with E-state index in [0.29, 0.717) is 19.6 Å². The molecule has 2 saturated heterocycles. The molecule has 5 nitrogen and oxygen atoms in total. The van der Waals surface area contributed by atoms with Gasteiger partial charge in [-0.1, -0.05) is 0 Å². The number of aromatic nitrogens is 1. The molecule has 0 saturated carbocycles. The van der Waals surface area contributed by atoms with Gasteiger partial charge in [-0.05, 0) is 47.4 Å². The van der Waals surface area contributed by atoms with Gasteiger partial charge in [-0.25, -0.2) is 0 Å². The third kappa shape index (κ3) is 3.55. The lowest BCUT2D eigenvalue weighted by Gasteiger charge is -2.43. The Morgan fingerprint density at radius 3 is 3.24 bits per heavy atom. The number of rotatable bonds is 5. The predicted molar refractivity (Wildman–Crippen MR) is 95.7 cm³/mol. The van der Waals surface area contributed by atoms with Gasteiger partial charge in [0.2, 0.25) is 5.91 Å². The Bertz CT molecular complexity index is 707. The Kier molecular flexibility index (Phi) is 4.72. The lowest BCUT2D eigenvalue weighted by atomic mass is 9.77. The number of piperidine rings is 1. The fraction of sp³-hybridized carbons (Fsp3) is 0.474. The van der Waals surface area contributed by atoms with Crippen LogP contribution in [0.5, 0.6) is 5.75 Å². The molecule has 2 aromatic heterocycles. The Balaban J connectivity index is 1.44. The molecular weight excluding hydrogens is 336 g/mol. The summed E-state index contributed by atoms with van der Waals surface area (Å²) in [4.78, 5) is 18.8. The number of ether oxygens (including phenoxy) is 2. The molecule has 0 spiro atoms. The van der Waals surface area contributed by atoms with Crippen LogP contribution in [-0.4, -0.2) is 48.2 Å². The maximum absolute atomic E-state index is 12.7. The number of nitrogens with zero attached hydrogens (tertiary/aromatic N) is 2. The van der Waals surface area contributed by atoms with Crippen molar-refractivity contribution in [3.63, 3.8) is 0 Å². The van der Waals surface area contributed by atoms with Crippen molar-refractivity contribution < 1.29 is 14.3 Å². The Morgan fingerprint density at radius 2 is 2.44 bits per heavy atom. The van der Waals surface area contributed by atoms with Crippen LogP contribution in [0.25, 0.3) is 0 Å². The van der Waals surface area contributed by atoms with Gasteiger partial charge in [-0.15, -0.1) is 0 Å². The van der Waals surface area contributed by atoms with Gasteiger partial charge in [-0.3, -0.25) is 9.78 Å². The number of hydrogen-bond donors (Lipinski definition) is 0. The van der Waals surface area contributed by atoms with E-state index in [4.69, 9.17) is 9.47 Å². The van der Waals surface area contributed by atoms with Crippen molar-refractivity contribution >= 4 is 17.2 Å². The summed E-state index contributed by atoms with van der Waals surface area (Å²) in [7, 11) is 0. The van der Waals surface area contributed by atoms with Crippen molar-refractivity contribution in [2.75, 3.05) is 26.3 Å². The van der Waals surface area contributed by atoms with Crippen molar-refractivity contribution in [2.45, 2.75) is 25.4 Å². The van der Waals surface area contributed by atoms with E-state index in [1.54, 1.807) is 23.7 Å². The summed E-state index contributed by atoms with van der Waals surface area (Å²) >= 11 is 1.63. The zero-order valence-corrected chi connectivity index (χ0v) is 14.9. The van der Waals surface area contributed by atoms with Gasteiger partial charge < -0.3 is 14.4 Å². The molecule has 4 rings (SSSR count). The highest BCUT2D eigenvalue weighted by atomic mass is 32.1. The largest absolute Gasteiger partial charge is 0.491 e. The van der Waals surface area contributed by atoms with Crippen LogP contribution in [-0.2, 0) is 16.0 Å². The zero-order valence-electron chi connectivity index (χ0n) is 14.1. The smallest absolute Gasteiger partial charge is 0.227 e. The van der Waals surface area contributed by atoms with Crippen molar-refractivity contribution in [1.82, 2.24) is 9.88 Å². The Hall–Kier alpha value is -1.92. The van der Waals surface area contributed by atoms with E-state index in [-0.39, 0.29) is 17.4 Å². The number of carbonyl (C=O) groups is 1. The third-order valence-corrected chi connectivity index (χ3v) is 5.95. The minimum absolute atomic E-state index is 0.113. The van der Waals surface area contributed by atoms with Gasteiger partial charge >= 0.3 is 0 Å². The molecule has 2 aliphatic heterocycles. The normalized spacial score (nSPS) is 25.6. The van der Waals surface area contributed by atoms with E-state index in [0.717, 1.165) is 37.3 Å². The SMILES string of the molecule is O=C(Cc1ccsc1)N1CC[C@H]2OCC[C@@]2(COc2cccnc2)C1. The monoisotopic (exact) mass is 358 g/mol. The Morgan fingerprint density at radius 1 is 1.48 bits per heavy atom. The van der Waals surface area contributed by atoms with Crippen LogP contribution in [0.4, 0.5) is 0 Å². The molecule has 2 aliphatic rings. The standard InChI is InChI=1S/C19H22N2O3S/c22-18(10-15-4-9-25-12-15)21-7-3-17-19(13-21,5-8-23-17)14-24-16-2-1-6-20-11-16/h1-2,4,6,9,11-12,17H,3,5,7-8,10,13-14H2/t17-,19+/m1/s1. The van der Waals surface area contributed by atoms with Gasteiger partial charge in [0.15, 0.2) is 0 Å². The van der Waals surface area contributed by atoms with Crippen LogP contribution in [0.15, 0.2) is 41.4 Å². The number of fused-ring (bicyclic) bond motifs is 1. The summed E-state index contributed by atoms with van der Waals surface area (Å²) in [6.45, 7) is 2.78. The molecule has 0 unspecified atom stereocenters. The van der Waals surface area contributed by atoms with Crippen LogP contribution >= 0.6 is 11.3 Å². The van der Waals surface area contributed by atoms with Crippen LogP contribution in [0.3, 0.4) is 0 Å². The molecule has 2 atom stereocenters. The van der Waals surface area contributed by atoms with Crippen LogP contribution < -0.4 is 4.74 Å². The second-order valence-corrected chi connectivity index (χ2v) is 7.64. The topological polar surface area (TPSA) is 51.7 Å². The fourth-order valence-electron chi connectivity index (χ4n) is 3.81. The first kappa shape index (κ1) is 16.5. The van der Waals surface area contributed by atoms with Crippen molar-refractivity contribution in [1.29, 1.82) is 0 Å². The minimum Gasteiger partial charge on any atom is -0.491 e. The second kappa shape index (κ2) is 7.14. The molecule has 6 heteroatoms. The van der Waals surface area contributed by atoms with Gasteiger partial charge in [0.1, 0.15) is 5.75 Å². The van der Waals surface area contributed by atoms with Gasteiger partial charge in [-0.2, -0.15) is 11.3 Å². The Labute approximate surface area is 151 Å². The van der Waals surface area contributed by atoms with E-state index in [2.05, 4.69) is 4.98 Å². The van der Waals surface area contributed by atoms with Crippen LogP contribution in [0.2, 0.25) is 0 Å². The molecule has 2 fully saturated rings. The summed E-state index contributed by atoms with van der Waals surface area (Å²) in [6.07, 6.45) is 5.93. The molecular formula is C19H22N2O3S. The number of hydrogen-bond acceptors (Lipinski definition) is 5. The number of carbonyl (C=O) groups excluding carboxylic acids is 1. The molecule has 0 aliphatic carbocycles. The quantitative estimate of drug-likeness (QED) is 0.825. The molecule has 132 valence electrons. The number of likely N-dealkylation sites (tertiary alicyclic amines) is 1. The first-order valence-electron chi connectivity index (χ1n) is 8.68. The summed E-state index contributed by atoms with van der Waals surface area (Å²) in [5.74, 6) is 0.966. The van der Waals surface area contributed by atoms with E-state index in [1.807, 2.05) is 33.9 Å². The summed E-state index contributed by atoms with van der Waals surface area (Å²) in [5, 5.41) is 4.06. The maximum atomic E-state index is 12.7. The second-order valence-electron chi connectivity index (χ2n) is 6.86. The lowest BCUT2D eigenvalue weighted by molar-refractivity contribution is -0.137. The first-order chi connectivity index (χ1) is 12.3. The number of pyridine rings is 1. The molecule has 1 amide bonds. The molecule has 0 N–H and O–H groups in total. The highest BCUT2D eigenvalue weighted by Gasteiger charge is 2.49. The third-order valence-electron chi connectivity index (χ3n) is 5.22. The van der Waals surface area contributed by atoms with E-state index >= 15 is 0 Å². The van der Waals surface area contributed by atoms with Crippen molar-refractivity contribution in [3.05, 3.63) is 46.9 Å². The number of thiophene rings is 1. The lowest BCUT2D eigenvalue weighted by Crippen LogP contribution is -2.54. The fourth-order valence-corrected chi connectivity index (χ4v) is 4.48. The molecule has 0 bridgehead atoms. The number of amides is 1. The van der Waals surface area contributed by atoms with E-state index in [9.17, 15) is 4.79 Å². The van der Waals surface area contributed by atoms with Crippen LogP contribution in [0, 0.1) is 5.41 Å². The first-order valence-corrected chi connectivity index (χ1v) is 9.63.